The fourth-order valence-corrected chi connectivity index (χ4v) is 2.53. The zero-order valence-electron chi connectivity index (χ0n) is 11.0. The van der Waals surface area contributed by atoms with Crippen LogP contribution in [0.2, 0.25) is 0 Å². The van der Waals surface area contributed by atoms with Crippen molar-refractivity contribution < 1.29 is 17.6 Å². The molecule has 1 fully saturated rings. The predicted octanol–water partition coefficient (Wildman–Crippen LogP) is 2.77. The van der Waals surface area contributed by atoms with Gasteiger partial charge in [0.15, 0.2) is 0 Å². The summed E-state index contributed by atoms with van der Waals surface area (Å²) in [6.07, 6.45) is -1.64. The second-order valence-electron chi connectivity index (χ2n) is 5.02. The highest BCUT2D eigenvalue weighted by molar-refractivity contribution is 5.17. The number of alkyl halides is 3. The van der Waals surface area contributed by atoms with Crippen LogP contribution in [0.15, 0.2) is 16.7 Å². The van der Waals surface area contributed by atoms with E-state index in [0.29, 0.717) is 19.5 Å². The molecule has 2 rings (SSSR count). The molecule has 1 aliphatic heterocycles. The number of halogens is 3. The summed E-state index contributed by atoms with van der Waals surface area (Å²) in [6.45, 7) is 1.93. The van der Waals surface area contributed by atoms with E-state index in [1.807, 2.05) is 18.0 Å². The minimum Gasteiger partial charge on any atom is -0.468 e. The molecule has 3 nitrogen and oxygen atoms in total. The molecule has 0 amide bonds. The van der Waals surface area contributed by atoms with E-state index in [-0.39, 0.29) is 13.0 Å². The minimum absolute atomic E-state index is 0.0909. The molecule has 2 heterocycles. The third-order valence-corrected chi connectivity index (χ3v) is 3.54. The summed E-state index contributed by atoms with van der Waals surface area (Å²) >= 11 is 0. The third kappa shape index (κ3) is 3.73. The van der Waals surface area contributed by atoms with E-state index in [1.54, 1.807) is 6.26 Å². The monoisotopic (exact) mass is 276 g/mol. The number of likely N-dealkylation sites (tertiary alicyclic amines) is 1. The zero-order chi connectivity index (χ0) is 13.9. The lowest BCUT2D eigenvalue weighted by Gasteiger charge is -2.33. The third-order valence-electron chi connectivity index (χ3n) is 3.54. The lowest BCUT2D eigenvalue weighted by Crippen LogP contribution is -2.41. The van der Waals surface area contributed by atoms with Crippen molar-refractivity contribution in [1.29, 1.82) is 0 Å². The highest BCUT2D eigenvalue weighted by atomic mass is 19.4. The predicted molar refractivity (Wildman–Crippen MR) is 65.5 cm³/mol. The molecular weight excluding hydrogens is 257 g/mol. The molecule has 1 aliphatic rings. The van der Waals surface area contributed by atoms with E-state index in [1.165, 1.54) is 0 Å². The molecule has 0 radical (unpaired) electrons. The average molecular weight is 276 g/mol. The van der Waals surface area contributed by atoms with Crippen LogP contribution < -0.4 is 5.32 Å². The van der Waals surface area contributed by atoms with Gasteiger partial charge >= 0.3 is 6.18 Å². The van der Waals surface area contributed by atoms with Crippen molar-refractivity contribution in [3.8, 4) is 0 Å². The van der Waals surface area contributed by atoms with Gasteiger partial charge in [-0.25, -0.2) is 0 Å². The van der Waals surface area contributed by atoms with E-state index < -0.39 is 12.1 Å². The van der Waals surface area contributed by atoms with Gasteiger partial charge in [-0.1, -0.05) is 0 Å². The smallest absolute Gasteiger partial charge is 0.393 e. The number of piperidine rings is 1. The molecule has 1 N–H and O–H groups in total. The summed E-state index contributed by atoms with van der Waals surface area (Å²) in [5.74, 6) is -0.391. The van der Waals surface area contributed by atoms with Gasteiger partial charge in [-0.15, -0.1) is 0 Å². The van der Waals surface area contributed by atoms with E-state index in [0.717, 1.165) is 17.9 Å². The van der Waals surface area contributed by atoms with E-state index >= 15 is 0 Å². The van der Waals surface area contributed by atoms with Gasteiger partial charge in [0, 0.05) is 18.7 Å². The molecule has 6 heteroatoms. The van der Waals surface area contributed by atoms with Crippen LogP contribution in [-0.4, -0.2) is 31.2 Å². The Bertz CT molecular complexity index is 403. The molecule has 19 heavy (non-hydrogen) atoms. The number of rotatable bonds is 4. The number of furan rings is 1. The molecule has 1 unspecified atom stereocenters. The molecule has 0 bridgehead atoms. The Morgan fingerprint density at radius 1 is 1.47 bits per heavy atom. The van der Waals surface area contributed by atoms with Crippen LogP contribution in [0, 0.1) is 5.92 Å². The van der Waals surface area contributed by atoms with Crippen LogP contribution in [0.4, 0.5) is 13.2 Å². The lowest BCUT2D eigenvalue weighted by atomic mass is 9.97. The average Bonchev–Trinajstić information content (AvgIpc) is 2.77. The Morgan fingerprint density at radius 2 is 2.26 bits per heavy atom. The first-order valence-electron chi connectivity index (χ1n) is 6.49. The first-order valence-corrected chi connectivity index (χ1v) is 6.49. The van der Waals surface area contributed by atoms with Gasteiger partial charge in [-0.3, -0.25) is 4.90 Å². The molecular formula is C13H19F3N2O. The van der Waals surface area contributed by atoms with Crippen molar-refractivity contribution in [2.45, 2.75) is 32.1 Å². The van der Waals surface area contributed by atoms with Crippen LogP contribution in [-0.2, 0) is 13.1 Å². The molecule has 1 atom stereocenters. The van der Waals surface area contributed by atoms with Gasteiger partial charge in [0.1, 0.15) is 5.76 Å². The largest absolute Gasteiger partial charge is 0.468 e. The number of nitrogens with zero attached hydrogens (tertiary/aromatic N) is 1. The van der Waals surface area contributed by atoms with Crippen molar-refractivity contribution in [3.05, 3.63) is 23.7 Å². The maximum atomic E-state index is 12.7. The highest BCUT2D eigenvalue weighted by Crippen LogP contribution is 2.33. The first kappa shape index (κ1) is 14.4. The normalized spacial score (nSPS) is 21.8. The summed E-state index contributed by atoms with van der Waals surface area (Å²) in [5, 5.41) is 2.99. The summed E-state index contributed by atoms with van der Waals surface area (Å²) in [5.41, 5.74) is 0.970. The molecule has 1 aromatic heterocycles. The molecule has 1 aromatic rings. The fraction of sp³-hybridized carbons (Fsp3) is 0.692. The van der Waals surface area contributed by atoms with Crippen molar-refractivity contribution >= 4 is 0 Å². The second kappa shape index (κ2) is 5.96. The summed E-state index contributed by atoms with van der Waals surface area (Å²) in [4.78, 5) is 1.87. The first-order chi connectivity index (χ1) is 9.00. The number of hydrogen-bond donors (Lipinski definition) is 1. The Balaban J connectivity index is 1.97. The second-order valence-corrected chi connectivity index (χ2v) is 5.02. The summed E-state index contributed by atoms with van der Waals surface area (Å²) < 4.78 is 43.5. The molecule has 0 aliphatic carbocycles. The minimum atomic E-state index is -4.08. The van der Waals surface area contributed by atoms with Crippen molar-refractivity contribution in [1.82, 2.24) is 10.2 Å². The van der Waals surface area contributed by atoms with E-state index in [9.17, 15) is 13.2 Å². The molecule has 108 valence electrons. The Hall–Kier alpha value is -1.01. The van der Waals surface area contributed by atoms with Crippen molar-refractivity contribution in [2.75, 3.05) is 20.1 Å². The summed E-state index contributed by atoms with van der Waals surface area (Å²) in [6, 6.07) is 1.84. The zero-order valence-corrected chi connectivity index (χ0v) is 11.0. The Kier molecular flexibility index (Phi) is 4.52. The lowest BCUT2D eigenvalue weighted by molar-refractivity contribution is -0.187. The standard InChI is InChI=1S/C13H19F3N2O/c1-17-7-12-10(4-6-19-12)8-18-5-2-3-11(9-18)13(14,15)16/h4,6,11,17H,2-3,5,7-9H2,1H3. The van der Waals surface area contributed by atoms with Gasteiger partial charge in [-0.05, 0) is 32.5 Å². The van der Waals surface area contributed by atoms with Gasteiger partial charge in [0.25, 0.3) is 0 Å². The quantitative estimate of drug-likeness (QED) is 0.916. The molecule has 1 saturated heterocycles. The maximum absolute atomic E-state index is 12.7. The molecule has 0 spiro atoms. The van der Waals surface area contributed by atoms with Gasteiger partial charge in [-0.2, -0.15) is 13.2 Å². The van der Waals surface area contributed by atoms with Crippen LogP contribution in [0.1, 0.15) is 24.2 Å². The number of nitrogens with one attached hydrogen (secondary N) is 1. The Morgan fingerprint density at radius 3 is 2.95 bits per heavy atom. The van der Waals surface area contributed by atoms with E-state index in [4.69, 9.17) is 4.42 Å². The van der Waals surface area contributed by atoms with Gasteiger partial charge in [0.2, 0.25) is 0 Å². The van der Waals surface area contributed by atoms with Crippen molar-refractivity contribution in [2.24, 2.45) is 5.92 Å². The maximum Gasteiger partial charge on any atom is 0.393 e. The van der Waals surface area contributed by atoms with E-state index in [2.05, 4.69) is 5.32 Å². The van der Waals surface area contributed by atoms with Crippen LogP contribution >= 0.6 is 0 Å². The highest BCUT2D eigenvalue weighted by Gasteiger charge is 2.41. The SMILES string of the molecule is CNCc1occc1CN1CCCC(C(F)(F)F)C1. The molecule has 0 aromatic carbocycles. The van der Waals surface area contributed by atoms with Gasteiger partial charge < -0.3 is 9.73 Å². The molecule has 0 saturated carbocycles. The van der Waals surface area contributed by atoms with Crippen molar-refractivity contribution in [3.63, 3.8) is 0 Å². The van der Waals surface area contributed by atoms with Crippen LogP contribution in [0.25, 0.3) is 0 Å². The summed E-state index contributed by atoms with van der Waals surface area (Å²) in [7, 11) is 1.81. The Labute approximate surface area is 110 Å². The van der Waals surface area contributed by atoms with Crippen LogP contribution in [0.5, 0.6) is 0 Å². The number of hydrogen-bond acceptors (Lipinski definition) is 3. The topological polar surface area (TPSA) is 28.4 Å². The fourth-order valence-electron chi connectivity index (χ4n) is 2.53. The van der Waals surface area contributed by atoms with Crippen LogP contribution in [0.3, 0.4) is 0 Å². The van der Waals surface area contributed by atoms with Gasteiger partial charge in [0.05, 0.1) is 18.7 Å².